The van der Waals surface area contributed by atoms with Crippen LogP contribution < -0.4 is 5.32 Å². The van der Waals surface area contributed by atoms with E-state index in [2.05, 4.69) is 21.2 Å². The van der Waals surface area contributed by atoms with Crippen molar-refractivity contribution in [2.24, 2.45) is 0 Å². The lowest BCUT2D eigenvalue weighted by molar-refractivity contribution is 0.102. The average molecular weight is 363 g/mol. The van der Waals surface area contributed by atoms with Crippen molar-refractivity contribution >= 4 is 50.7 Å². The fraction of sp³-hybridized carbons (Fsp3) is 0. The monoisotopic (exact) mass is 361 g/mol. The number of carbonyl (C=O) groups excluding carboxylic acids is 1. The maximum Gasteiger partial charge on any atom is 0.257 e. The molecule has 0 spiro atoms. The first-order chi connectivity index (χ1) is 8.99. The van der Waals surface area contributed by atoms with Gasteiger partial charge in [-0.15, -0.1) is 0 Å². The number of halogens is 4. The van der Waals surface area contributed by atoms with Gasteiger partial charge in [0.05, 0.1) is 15.6 Å². The van der Waals surface area contributed by atoms with Crippen LogP contribution >= 0.6 is 39.1 Å². The van der Waals surface area contributed by atoms with Crippen molar-refractivity contribution in [2.45, 2.75) is 0 Å². The fourth-order valence-electron chi connectivity index (χ4n) is 1.45. The molecule has 0 heterocycles. The summed E-state index contributed by atoms with van der Waals surface area (Å²) in [6.45, 7) is 0. The van der Waals surface area contributed by atoms with Crippen LogP contribution in [0.25, 0.3) is 0 Å². The molecule has 2 rings (SSSR count). The Hall–Kier alpha value is -1.10. The molecule has 1 amide bonds. The van der Waals surface area contributed by atoms with Crippen molar-refractivity contribution in [3.05, 3.63) is 62.3 Å². The molecule has 2 aromatic rings. The fourth-order valence-corrected chi connectivity index (χ4v) is 2.16. The molecule has 0 atom stereocenters. The number of benzene rings is 2. The Balaban J connectivity index is 2.26. The Bertz CT molecular complexity index is 649. The molecule has 6 heteroatoms. The second kappa shape index (κ2) is 5.90. The number of nitrogens with one attached hydrogen (secondary N) is 1. The van der Waals surface area contributed by atoms with Gasteiger partial charge in [0.15, 0.2) is 0 Å². The summed E-state index contributed by atoms with van der Waals surface area (Å²) < 4.78 is 13.9. The van der Waals surface area contributed by atoms with Crippen LogP contribution in [-0.2, 0) is 0 Å². The van der Waals surface area contributed by atoms with Gasteiger partial charge >= 0.3 is 0 Å². The van der Waals surface area contributed by atoms with E-state index in [1.807, 2.05) is 0 Å². The van der Waals surface area contributed by atoms with Crippen LogP contribution in [0.15, 0.2) is 40.9 Å². The summed E-state index contributed by atoms with van der Waals surface area (Å²) in [5.74, 6) is -1.12. The Labute approximate surface area is 127 Å². The van der Waals surface area contributed by atoms with E-state index in [1.54, 1.807) is 18.2 Å². The topological polar surface area (TPSA) is 29.1 Å². The molecule has 2 aromatic carbocycles. The van der Waals surface area contributed by atoms with Gasteiger partial charge in [-0.2, -0.15) is 0 Å². The highest BCUT2D eigenvalue weighted by molar-refractivity contribution is 9.10. The summed E-state index contributed by atoms with van der Waals surface area (Å²) in [5.41, 5.74) is 0.606. The predicted molar refractivity (Wildman–Crippen MR) is 78.5 cm³/mol. The van der Waals surface area contributed by atoms with Gasteiger partial charge in [-0.25, -0.2) is 4.39 Å². The van der Waals surface area contributed by atoms with Crippen LogP contribution in [0.5, 0.6) is 0 Å². The molecule has 0 saturated heterocycles. The van der Waals surface area contributed by atoms with E-state index in [4.69, 9.17) is 23.2 Å². The molecule has 0 aliphatic heterocycles. The minimum absolute atomic E-state index is 0.0766. The molecule has 0 saturated carbocycles. The van der Waals surface area contributed by atoms with Crippen molar-refractivity contribution in [3.63, 3.8) is 0 Å². The lowest BCUT2D eigenvalue weighted by Gasteiger charge is -2.08. The Morgan fingerprint density at radius 2 is 1.95 bits per heavy atom. The normalized spacial score (nSPS) is 10.3. The second-order valence-corrected chi connectivity index (χ2v) is 5.32. The Kier molecular flexibility index (Phi) is 4.45. The van der Waals surface area contributed by atoms with Gasteiger partial charge in [-0.05, 0) is 46.3 Å². The summed E-state index contributed by atoms with van der Waals surface area (Å²) in [5, 5.41) is 2.94. The molecule has 98 valence electrons. The number of hydrogen-bond acceptors (Lipinski definition) is 1. The smallest absolute Gasteiger partial charge is 0.257 e. The first-order valence-corrected chi connectivity index (χ1v) is 6.74. The zero-order valence-electron chi connectivity index (χ0n) is 9.38. The third-order valence-corrected chi connectivity index (χ3v) is 3.97. The van der Waals surface area contributed by atoms with Gasteiger partial charge in [-0.1, -0.05) is 29.3 Å². The van der Waals surface area contributed by atoms with Gasteiger partial charge < -0.3 is 5.32 Å². The molecular formula is C13H7BrCl2FNO. The molecule has 1 N–H and O–H groups in total. The molecule has 0 aliphatic rings. The van der Waals surface area contributed by atoms with Crippen molar-refractivity contribution < 1.29 is 9.18 Å². The summed E-state index contributed by atoms with van der Waals surface area (Å²) in [4.78, 5) is 12.0. The third kappa shape index (κ3) is 3.26. The first kappa shape index (κ1) is 14.3. The highest BCUT2D eigenvalue weighted by Crippen LogP contribution is 2.26. The largest absolute Gasteiger partial charge is 0.322 e. The second-order valence-electron chi connectivity index (χ2n) is 3.68. The predicted octanol–water partition coefficient (Wildman–Crippen LogP) is 5.15. The molecular weight excluding hydrogens is 356 g/mol. The Morgan fingerprint density at radius 1 is 1.21 bits per heavy atom. The number of rotatable bonds is 2. The number of carbonyl (C=O) groups is 1. The van der Waals surface area contributed by atoms with Crippen molar-refractivity contribution in [1.29, 1.82) is 0 Å². The van der Waals surface area contributed by atoms with Crippen LogP contribution in [0, 0.1) is 5.82 Å². The van der Waals surface area contributed by atoms with Gasteiger partial charge in [0.1, 0.15) is 5.82 Å². The van der Waals surface area contributed by atoms with Gasteiger partial charge in [0, 0.05) is 10.2 Å². The number of amides is 1. The quantitative estimate of drug-likeness (QED) is 0.786. The summed E-state index contributed by atoms with van der Waals surface area (Å²) in [6.07, 6.45) is 0. The van der Waals surface area contributed by atoms with Crippen LogP contribution in [0.2, 0.25) is 10.0 Å². The van der Waals surface area contributed by atoms with Crippen LogP contribution in [-0.4, -0.2) is 5.91 Å². The SMILES string of the molecule is O=C(Nc1ccc(Cl)c(Br)c1)c1cccc(F)c1Cl. The van der Waals surface area contributed by atoms with Crippen molar-refractivity contribution in [2.75, 3.05) is 5.32 Å². The molecule has 19 heavy (non-hydrogen) atoms. The minimum Gasteiger partial charge on any atom is -0.322 e. The highest BCUT2D eigenvalue weighted by Gasteiger charge is 2.13. The average Bonchev–Trinajstić information content (AvgIpc) is 2.37. The zero-order chi connectivity index (χ0) is 14.0. The molecule has 0 aromatic heterocycles. The van der Waals surface area contributed by atoms with E-state index in [0.717, 1.165) is 0 Å². The standard InChI is InChI=1S/C13H7BrCl2FNO/c14-9-6-7(4-5-10(9)15)18-13(19)8-2-1-3-11(17)12(8)16/h1-6H,(H,18,19). The van der Waals surface area contributed by atoms with Crippen LogP contribution in [0.3, 0.4) is 0 Å². The van der Waals surface area contributed by atoms with Gasteiger partial charge in [0.25, 0.3) is 5.91 Å². The Morgan fingerprint density at radius 3 is 2.63 bits per heavy atom. The van der Waals surface area contributed by atoms with E-state index in [-0.39, 0.29) is 10.6 Å². The summed E-state index contributed by atoms with van der Waals surface area (Å²) in [7, 11) is 0. The molecule has 0 fully saturated rings. The van der Waals surface area contributed by atoms with Gasteiger partial charge in [0.2, 0.25) is 0 Å². The van der Waals surface area contributed by atoms with E-state index >= 15 is 0 Å². The summed E-state index contributed by atoms with van der Waals surface area (Å²) >= 11 is 14.8. The van der Waals surface area contributed by atoms with E-state index in [9.17, 15) is 9.18 Å². The van der Waals surface area contributed by atoms with E-state index < -0.39 is 11.7 Å². The lowest BCUT2D eigenvalue weighted by atomic mass is 10.2. The van der Waals surface area contributed by atoms with Crippen LogP contribution in [0.4, 0.5) is 10.1 Å². The van der Waals surface area contributed by atoms with Crippen molar-refractivity contribution in [1.82, 2.24) is 0 Å². The maximum absolute atomic E-state index is 13.3. The summed E-state index contributed by atoms with van der Waals surface area (Å²) in [6, 6.07) is 8.98. The molecule has 0 bridgehead atoms. The molecule has 0 radical (unpaired) electrons. The minimum atomic E-state index is -0.633. The third-order valence-electron chi connectivity index (χ3n) is 2.37. The van der Waals surface area contributed by atoms with E-state index in [0.29, 0.717) is 15.2 Å². The lowest BCUT2D eigenvalue weighted by Crippen LogP contribution is -2.12. The maximum atomic E-state index is 13.3. The van der Waals surface area contributed by atoms with E-state index in [1.165, 1.54) is 18.2 Å². The highest BCUT2D eigenvalue weighted by atomic mass is 79.9. The van der Waals surface area contributed by atoms with Crippen LogP contribution in [0.1, 0.15) is 10.4 Å². The van der Waals surface area contributed by atoms with Crippen molar-refractivity contribution in [3.8, 4) is 0 Å². The number of anilines is 1. The number of hydrogen-bond donors (Lipinski definition) is 1. The molecule has 2 nitrogen and oxygen atoms in total. The first-order valence-electron chi connectivity index (χ1n) is 5.19. The van der Waals surface area contributed by atoms with Gasteiger partial charge in [-0.3, -0.25) is 4.79 Å². The molecule has 0 aliphatic carbocycles. The molecule has 0 unspecified atom stereocenters. The zero-order valence-corrected chi connectivity index (χ0v) is 12.5.